The van der Waals surface area contributed by atoms with Crippen molar-refractivity contribution in [2.24, 2.45) is 0 Å². The monoisotopic (exact) mass is 283 g/mol. The Morgan fingerprint density at radius 2 is 2.15 bits per heavy atom. The zero-order valence-corrected chi connectivity index (χ0v) is 12.2. The van der Waals surface area contributed by atoms with Crippen LogP contribution in [-0.4, -0.2) is 46.5 Å². The van der Waals surface area contributed by atoms with Gasteiger partial charge < -0.3 is 15.2 Å². The summed E-state index contributed by atoms with van der Waals surface area (Å²) in [6.45, 7) is 6.14. The molecule has 0 aliphatic rings. The Morgan fingerprint density at radius 3 is 2.60 bits per heavy atom. The lowest BCUT2D eigenvalue weighted by Gasteiger charge is -2.18. The Bertz CT molecular complexity index is 476. The molecule has 20 heavy (non-hydrogen) atoms. The van der Waals surface area contributed by atoms with Crippen LogP contribution in [0.5, 0.6) is 0 Å². The van der Waals surface area contributed by atoms with Crippen molar-refractivity contribution in [3.05, 3.63) is 18.0 Å². The summed E-state index contributed by atoms with van der Waals surface area (Å²) in [5.74, 6) is -1.54. The molecule has 1 amide bonds. The molecular weight excluding hydrogens is 262 g/mol. The molecule has 2 N–H and O–H groups in total. The van der Waals surface area contributed by atoms with Crippen molar-refractivity contribution >= 4 is 11.9 Å². The summed E-state index contributed by atoms with van der Waals surface area (Å²) in [6.07, 6.45) is 3.24. The maximum Gasteiger partial charge on any atom is 0.326 e. The third-order valence-electron chi connectivity index (χ3n) is 2.75. The zero-order chi connectivity index (χ0) is 15.3. The average molecular weight is 283 g/mol. The number of carbonyl (C=O) groups excluding carboxylic acids is 1. The van der Waals surface area contributed by atoms with Gasteiger partial charge in [-0.1, -0.05) is 0 Å². The van der Waals surface area contributed by atoms with Crippen molar-refractivity contribution in [1.82, 2.24) is 15.1 Å². The van der Waals surface area contributed by atoms with E-state index in [9.17, 15) is 9.59 Å². The zero-order valence-electron chi connectivity index (χ0n) is 12.2. The quantitative estimate of drug-likeness (QED) is 0.807. The van der Waals surface area contributed by atoms with Crippen molar-refractivity contribution in [3.8, 4) is 0 Å². The van der Waals surface area contributed by atoms with E-state index >= 15 is 0 Å². The Morgan fingerprint density at radius 1 is 1.50 bits per heavy atom. The number of ether oxygens (including phenoxy) is 1. The van der Waals surface area contributed by atoms with Crippen molar-refractivity contribution < 1.29 is 19.4 Å². The molecule has 1 aromatic heterocycles. The number of nitrogens with one attached hydrogen (secondary N) is 1. The van der Waals surface area contributed by atoms with E-state index in [1.54, 1.807) is 10.9 Å². The Labute approximate surface area is 117 Å². The summed E-state index contributed by atoms with van der Waals surface area (Å²) >= 11 is 0. The molecule has 0 radical (unpaired) electrons. The van der Waals surface area contributed by atoms with Crippen LogP contribution in [0.15, 0.2) is 12.4 Å². The van der Waals surface area contributed by atoms with Crippen LogP contribution in [0, 0.1) is 0 Å². The van der Waals surface area contributed by atoms with Gasteiger partial charge in [0.1, 0.15) is 6.04 Å². The minimum absolute atomic E-state index is 0.213. The number of carbonyl (C=O) groups is 2. The molecule has 1 atom stereocenters. The number of carboxylic acid groups (broad SMARTS) is 1. The van der Waals surface area contributed by atoms with E-state index < -0.39 is 17.9 Å². The minimum atomic E-state index is -1.08. The molecule has 0 saturated carbocycles. The fourth-order valence-electron chi connectivity index (χ4n) is 1.54. The number of aromatic nitrogens is 2. The molecular formula is C13H21N3O4. The molecule has 0 aliphatic heterocycles. The maximum absolute atomic E-state index is 12.0. The number of hydrogen-bond acceptors (Lipinski definition) is 4. The van der Waals surface area contributed by atoms with Crippen molar-refractivity contribution in [2.75, 3.05) is 13.7 Å². The highest BCUT2D eigenvalue weighted by Crippen LogP contribution is 2.13. The highest BCUT2D eigenvalue weighted by molar-refractivity contribution is 5.96. The van der Waals surface area contributed by atoms with Crippen LogP contribution in [0.25, 0.3) is 0 Å². The molecule has 112 valence electrons. The molecule has 7 heteroatoms. The first-order valence-electron chi connectivity index (χ1n) is 6.33. The highest BCUT2D eigenvalue weighted by atomic mass is 16.5. The number of nitrogens with zero attached hydrogens (tertiary/aromatic N) is 2. The van der Waals surface area contributed by atoms with Gasteiger partial charge in [-0.05, 0) is 20.8 Å². The molecule has 1 rings (SSSR count). The number of methoxy groups -OCH3 is 1. The van der Waals surface area contributed by atoms with Gasteiger partial charge in [0, 0.05) is 26.3 Å². The Hall–Kier alpha value is -1.89. The van der Waals surface area contributed by atoms with Crippen LogP contribution >= 0.6 is 0 Å². The predicted octanol–water partition coefficient (Wildman–Crippen LogP) is 0.858. The molecule has 0 saturated heterocycles. The van der Waals surface area contributed by atoms with Gasteiger partial charge in [-0.25, -0.2) is 4.79 Å². The summed E-state index contributed by atoms with van der Waals surface area (Å²) in [6, 6.07) is -0.972. The molecule has 0 spiro atoms. The largest absolute Gasteiger partial charge is 0.480 e. The van der Waals surface area contributed by atoms with Gasteiger partial charge in [0.05, 0.1) is 17.3 Å². The molecule has 0 fully saturated rings. The van der Waals surface area contributed by atoms with Gasteiger partial charge in [-0.15, -0.1) is 0 Å². The van der Waals surface area contributed by atoms with Gasteiger partial charge in [-0.3, -0.25) is 9.48 Å². The maximum atomic E-state index is 12.0. The minimum Gasteiger partial charge on any atom is -0.480 e. The van der Waals surface area contributed by atoms with Gasteiger partial charge in [0.25, 0.3) is 5.91 Å². The van der Waals surface area contributed by atoms with E-state index in [-0.39, 0.29) is 18.6 Å². The number of aliphatic carboxylic acids is 1. The first-order chi connectivity index (χ1) is 9.25. The third-order valence-corrected chi connectivity index (χ3v) is 2.75. The van der Waals surface area contributed by atoms with Crippen molar-refractivity contribution in [3.63, 3.8) is 0 Å². The number of rotatable bonds is 6. The first kappa shape index (κ1) is 16.2. The first-order valence-corrected chi connectivity index (χ1v) is 6.33. The standard InChI is InChI=1S/C13H21N3O4/c1-13(2,3)16-8-9(7-14-16)11(17)15-10(12(18)19)5-6-20-4/h7-8,10H,5-6H2,1-4H3,(H,15,17)(H,18,19). The van der Waals surface area contributed by atoms with Crippen LogP contribution in [0.2, 0.25) is 0 Å². The second-order valence-electron chi connectivity index (χ2n) is 5.49. The molecule has 7 nitrogen and oxygen atoms in total. The molecule has 1 aromatic rings. The van der Waals surface area contributed by atoms with Crippen LogP contribution < -0.4 is 5.32 Å². The van der Waals surface area contributed by atoms with Crippen LogP contribution in [0.1, 0.15) is 37.6 Å². The van der Waals surface area contributed by atoms with Crippen LogP contribution in [0.4, 0.5) is 0 Å². The number of amides is 1. The van der Waals surface area contributed by atoms with E-state index in [1.165, 1.54) is 13.3 Å². The Balaban J connectivity index is 2.74. The predicted molar refractivity (Wildman–Crippen MR) is 72.6 cm³/mol. The summed E-state index contributed by atoms with van der Waals surface area (Å²) in [7, 11) is 1.48. The average Bonchev–Trinajstić information content (AvgIpc) is 2.83. The Kier molecular flexibility index (Phi) is 5.26. The van der Waals surface area contributed by atoms with Crippen molar-refractivity contribution in [2.45, 2.75) is 38.8 Å². The number of hydrogen-bond donors (Lipinski definition) is 2. The molecule has 0 aromatic carbocycles. The van der Waals surface area contributed by atoms with E-state index in [0.717, 1.165) is 0 Å². The fraction of sp³-hybridized carbons (Fsp3) is 0.615. The fourth-order valence-corrected chi connectivity index (χ4v) is 1.54. The lowest BCUT2D eigenvalue weighted by molar-refractivity contribution is -0.139. The van der Waals surface area contributed by atoms with E-state index in [2.05, 4.69) is 10.4 Å². The number of carboxylic acids is 1. The molecule has 0 aliphatic carbocycles. The highest BCUT2D eigenvalue weighted by Gasteiger charge is 2.22. The van der Waals surface area contributed by atoms with Crippen LogP contribution in [-0.2, 0) is 15.1 Å². The second-order valence-corrected chi connectivity index (χ2v) is 5.49. The van der Waals surface area contributed by atoms with Gasteiger partial charge >= 0.3 is 5.97 Å². The molecule has 0 bridgehead atoms. The topological polar surface area (TPSA) is 93.5 Å². The SMILES string of the molecule is COCCC(NC(=O)c1cnn(C(C)(C)C)c1)C(=O)O. The van der Waals surface area contributed by atoms with Gasteiger partial charge in [0.2, 0.25) is 0 Å². The van der Waals surface area contributed by atoms with Crippen LogP contribution in [0.3, 0.4) is 0 Å². The van der Waals surface area contributed by atoms with Gasteiger partial charge in [0.15, 0.2) is 0 Å². The van der Waals surface area contributed by atoms with E-state index in [0.29, 0.717) is 5.56 Å². The van der Waals surface area contributed by atoms with E-state index in [4.69, 9.17) is 9.84 Å². The molecule has 1 unspecified atom stereocenters. The molecule has 1 heterocycles. The second kappa shape index (κ2) is 6.51. The third kappa shape index (κ3) is 4.34. The summed E-state index contributed by atoms with van der Waals surface area (Å²) in [4.78, 5) is 23.0. The normalized spacial score (nSPS) is 13.0. The van der Waals surface area contributed by atoms with Crippen molar-refractivity contribution in [1.29, 1.82) is 0 Å². The smallest absolute Gasteiger partial charge is 0.326 e. The van der Waals surface area contributed by atoms with E-state index in [1.807, 2.05) is 20.8 Å². The lowest BCUT2D eigenvalue weighted by Crippen LogP contribution is -2.41. The summed E-state index contributed by atoms with van der Waals surface area (Å²) in [5, 5.41) is 15.6. The summed E-state index contributed by atoms with van der Waals surface area (Å²) in [5.41, 5.74) is 0.101. The summed E-state index contributed by atoms with van der Waals surface area (Å²) < 4.78 is 6.49. The lowest BCUT2D eigenvalue weighted by atomic mass is 10.1. The van der Waals surface area contributed by atoms with Gasteiger partial charge in [-0.2, -0.15) is 5.10 Å².